The van der Waals surface area contributed by atoms with E-state index < -0.39 is 5.97 Å². The Balaban J connectivity index is 1.91. The highest BCUT2D eigenvalue weighted by molar-refractivity contribution is 5.87. The van der Waals surface area contributed by atoms with Gasteiger partial charge in [0.1, 0.15) is 5.69 Å². The minimum atomic E-state index is -0.405. The van der Waals surface area contributed by atoms with E-state index in [-0.39, 0.29) is 6.61 Å². The molecule has 0 atom stereocenters. The fourth-order valence-corrected chi connectivity index (χ4v) is 1.55. The average Bonchev–Trinajstić information content (AvgIpc) is 2.96. The molecule has 2 aromatic heterocycles. The Kier molecular flexibility index (Phi) is 3.76. The van der Waals surface area contributed by atoms with Gasteiger partial charge in [-0.25, -0.2) is 4.79 Å². The van der Waals surface area contributed by atoms with Gasteiger partial charge in [-0.2, -0.15) is 4.98 Å². The molecule has 0 radical (unpaired) electrons. The molecule has 6 heteroatoms. The van der Waals surface area contributed by atoms with Crippen molar-refractivity contribution in [2.75, 3.05) is 0 Å². The molecular weight excluding hydrogens is 234 g/mol. The third-order valence-electron chi connectivity index (χ3n) is 2.46. The predicted octanol–water partition coefficient (Wildman–Crippen LogP) is 1.72. The SMILES string of the molecule is CCCc1noc(COC(=O)c2cccn2C)n1. The third-order valence-corrected chi connectivity index (χ3v) is 2.46. The fraction of sp³-hybridized carbons (Fsp3) is 0.417. The Morgan fingerprint density at radius 3 is 3.06 bits per heavy atom. The summed E-state index contributed by atoms with van der Waals surface area (Å²) in [4.78, 5) is 15.8. The molecule has 0 N–H and O–H groups in total. The second kappa shape index (κ2) is 5.48. The largest absolute Gasteiger partial charge is 0.451 e. The number of nitrogens with zero attached hydrogens (tertiary/aromatic N) is 3. The second-order valence-electron chi connectivity index (χ2n) is 3.93. The topological polar surface area (TPSA) is 70.2 Å². The molecule has 96 valence electrons. The number of ether oxygens (including phenoxy) is 1. The Hall–Kier alpha value is -2.11. The van der Waals surface area contributed by atoms with Gasteiger partial charge in [-0.3, -0.25) is 0 Å². The molecule has 0 unspecified atom stereocenters. The lowest BCUT2D eigenvalue weighted by atomic mass is 10.3. The Morgan fingerprint density at radius 1 is 1.56 bits per heavy atom. The third kappa shape index (κ3) is 2.77. The Bertz CT molecular complexity index is 530. The smallest absolute Gasteiger partial charge is 0.355 e. The zero-order chi connectivity index (χ0) is 13.0. The van der Waals surface area contributed by atoms with Gasteiger partial charge in [0.05, 0.1) is 0 Å². The monoisotopic (exact) mass is 249 g/mol. The van der Waals surface area contributed by atoms with Crippen molar-refractivity contribution in [1.29, 1.82) is 0 Å². The van der Waals surface area contributed by atoms with Gasteiger partial charge >= 0.3 is 5.97 Å². The maximum Gasteiger partial charge on any atom is 0.355 e. The molecule has 0 aliphatic heterocycles. The van der Waals surface area contributed by atoms with Gasteiger partial charge in [0.15, 0.2) is 12.4 Å². The Morgan fingerprint density at radius 2 is 2.39 bits per heavy atom. The summed E-state index contributed by atoms with van der Waals surface area (Å²) in [6.07, 6.45) is 3.49. The van der Waals surface area contributed by atoms with Crippen LogP contribution in [0.3, 0.4) is 0 Å². The van der Waals surface area contributed by atoms with E-state index in [0.29, 0.717) is 17.4 Å². The van der Waals surface area contributed by atoms with Gasteiger partial charge in [-0.15, -0.1) is 0 Å². The van der Waals surface area contributed by atoms with Crippen LogP contribution >= 0.6 is 0 Å². The normalized spacial score (nSPS) is 10.6. The number of esters is 1. The maximum absolute atomic E-state index is 11.7. The number of carbonyl (C=O) groups excluding carboxylic acids is 1. The number of hydrogen-bond donors (Lipinski definition) is 0. The number of hydrogen-bond acceptors (Lipinski definition) is 5. The lowest BCUT2D eigenvalue weighted by molar-refractivity contribution is 0.0418. The van der Waals surface area contributed by atoms with Gasteiger partial charge in [0.2, 0.25) is 0 Å². The first-order valence-corrected chi connectivity index (χ1v) is 5.80. The summed E-state index contributed by atoms with van der Waals surface area (Å²) in [7, 11) is 1.78. The van der Waals surface area contributed by atoms with Crippen molar-refractivity contribution in [3.8, 4) is 0 Å². The number of rotatable bonds is 5. The molecule has 0 aliphatic rings. The molecule has 0 saturated heterocycles. The molecule has 0 fully saturated rings. The molecule has 2 aromatic rings. The van der Waals surface area contributed by atoms with Crippen LogP contribution < -0.4 is 0 Å². The van der Waals surface area contributed by atoms with E-state index in [1.807, 2.05) is 6.92 Å². The zero-order valence-corrected chi connectivity index (χ0v) is 10.4. The first kappa shape index (κ1) is 12.3. The Labute approximate surface area is 105 Å². The van der Waals surface area contributed by atoms with Crippen molar-refractivity contribution in [3.05, 3.63) is 35.7 Å². The van der Waals surface area contributed by atoms with Gasteiger partial charge in [0, 0.05) is 19.7 Å². The van der Waals surface area contributed by atoms with Crippen LogP contribution in [0.2, 0.25) is 0 Å². The molecule has 0 amide bonds. The lowest BCUT2D eigenvalue weighted by Crippen LogP contribution is -2.09. The number of carbonyl (C=O) groups is 1. The van der Waals surface area contributed by atoms with Crippen molar-refractivity contribution in [2.24, 2.45) is 7.05 Å². The first-order valence-electron chi connectivity index (χ1n) is 5.80. The van der Waals surface area contributed by atoms with Crippen molar-refractivity contribution in [3.63, 3.8) is 0 Å². The standard InChI is InChI=1S/C12H15N3O3/c1-3-5-10-13-11(18-14-10)8-17-12(16)9-6-4-7-15(9)2/h4,6-7H,3,5,8H2,1-2H3. The predicted molar refractivity (Wildman–Crippen MR) is 62.8 cm³/mol. The van der Waals surface area contributed by atoms with E-state index in [9.17, 15) is 4.79 Å². The highest BCUT2D eigenvalue weighted by atomic mass is 16.6. The van der Waals surface area contributed by atoms with Crippen LogP contribution in [0, 0.1) is 0 Å². The summed E-state index contributed by atoms with van der Waals surface area (Å²) in [5.41, 5.74) is 0.489. The lowest BCUT2D eigenvalue weighted by Gasteiger charge is -2.02. The van der Waals surface area contributed by atoms with E-state index in [0.717, 1.165) is 12.8 Å². The molecule has 0 saturated carbocycles. The molecule has 2 heterocycles. The van der Waals surface area contributed by atoms with Gasteiger partial charge < -0.3 is 13.8 Å². The maximum atomic E-state index is 11.7. The van der Waals surface area contributed by atoms with E-state index in [2.05, 4.69) is 10.1 Å². The van der Waals surface area contributed by atoms with Crippen molar-refractivity contribution < 1.29 is 14.1 Å². The minimum Gasteiger partial charge on any atom is -0.451 e. The van der Waals surface area contributed by atoms with Gasteiger partial charge in [0.25, 0.3) is 5.89 Å². The van der Waals surface area contributed by atoms with Gasteiger partial charge in [-0.1, -0.05) is 12.1 Å². The van der Waals surface area contributed by atoms with E-state index in [4.69, 9.17) is 9.26 Å². The first-order chi connectivity index (χ1) is 8.70. The summed E-state index contributed by atoms with van der Waals surface area (Å²) in [5, 5.41) is 3.78. The molecular formula is C12H15N3O3. The molecule has 0 aliphatic carbocycles. The van der Waals surface area contributed by atoms with Crippen molar-refractivity contribution in [2.45, 2.75) is 26.4 Å². The van der Waals surface area contributed by atoms with Crippen LogP contribution in [0.4, 0.5) is 0 Å². The number of aryl methyl sites for hydroxylation is 2. The molecule has 18 heavy (non-hydrogen) atoms. The fourth-order valence-electron chi connectivity index (χ4n) is 1.55. The van der Waals surface area contributed by atoms with Crippen LogP contribution in [-0.4, -0.2) is 20.7 Å². The van der Waals surface area contributed by atoms with Crippen LogP contribution in [-0.2, 0) is 24.8 Å². The van der Waals surface area contributed by atoms with Gasteiger partial charge in [-0.05, 0) is 18.6 Å². The quantitative estimate of drug-likeness (QED) is 0.754. The summed E-state index contributed by atoms with van der Waals surface area (Å²) < 4.78 is 11.8. The van der Waals surface area contributed by atoms with Crippen molar-refractivity contribution in [1.82, 2.24) is 14.7 Å². The van der Waals surface area contributed by atoms with Crippen LogP contribution in [0.25, 0.3) is 0 Å². The van der Waals surface area contributed by atoms with Crippen molar-refractivity contribution >= 4 is 5.97 Å². The molecule has 0 bridgehead atoms. The highest BCUT2D eigenvalue weighted by Crippen LogP contribution is 2.06. The summed E-state index contributed by atoms with van der Waals surface area (Å²) in [5.74, 6) is 0.557. The van der Waals surface area contributed by atoms with Crippen LogP contribution in [0.5, 0.6) is 0 Å². The second-order valence-corrected chi connectivity index (χ2v) is 3.93. The van der Waals surface area contributed by atoms with Crippen LogP contribution in [0.15, 0.2) is 22.9 Å². The summed E-state index contributed by atoms with van der Waals surface area (Å²) in [6, 6.07) is 3.47. The van der Waals surface area contributed by atoms with E-state index in [1.54, 1.807) is 29.9 Å². The molecule has 2 rings (SSSR count). The average molecular weight is 249 g/mol. The number of aromatic nitrogens is 3. The molecule has 0 spiro atoms. The molecule has 0 aromatic carbocycles. The summed E-state index contributed by atoms with van der Waals surface area (Å²) in [6.45, 7) is 2.03. The van der Waals surface area contributed by atoms with E-state index in [1.165, 1.54) is 0 Å². The molecule has 6 nitrogen and oxygen atoms in total. The van der Waals surface area contributed by atoms with E-state index >= 15 is 0 Å². The minimum absolute atomic E-state index is 0.000722. The van der Waals surface area contributed by atoms with Crippen LogP contribution in [0.1, 0.15) is 35.5 Å². The highest BCUT2D eigenvalue weighted by Gasteiger charge is 2.13. The summed E-state index contributed by atoms with van der Waals surface area (Å²) >= 11 is 0. The zero-order valence-electron chi connectivity index (χ0n) is 10.4.